The van der Waals surface area contributed by atoms with Gasteiger partial charge >= 0.3 is 13.6 Å². The van der Waals surface area contributed by atoms with Crippen molar-refractivity contribution < 1.29 is 28.7 Å². The molecule has 19 heavy (non-hydrogen) atoms. The van der Waals surface area contributed by atoms with E-state index in [1.54, 1.807) is 11.8 Å². The second-order valence-corrected chi connectivity index (χ2v) is 6.00. The molecule has 8 nitrogen and oxygen atoms in total. The molecule has 1 heterocycles. The van der Waals surface area contributed by atoms with Crippen molar-refractivity contribution in [2.24, 2.45) is 0 Å². The Bertz CT molecular complexity index is 382. The lowest BCUT2D eigenvalue weighted by atomic mass is 10.2. The number of carbonyl (C=O) groups is 2. The van der Waals surface area contributed by atoms with Crippen LogP contribution < -0.4 is 5.32 Å². The first-order valence-corrected chi connectivity index (χ1v) is 7.80. The predicted molar refractivity (Wildman–Crippen MR) is 66.8 cm³/mol. The van der Waals surface area contributed by atoms with Crippen molar-refractivity contribution in [3.8, 4) is 0 Å². The van der Waals surface area contributed by atoms with E-state index in [1.807, 2.05) is 0 Å². The van der Waals surface area contributed by atoms with Crippen LogP contribution in [0.25, 0.3) is 0 Å². The van der Waals surface area contributed by atoms with Gasteiger partial charge in [0.1, 0.15) is 12.2 Å². The fourth-order valence-electron chi connectivity index (χ4n) is 1.88. The minimum Gasteiger partial charge on any atom is -0.465 e. The van der Waals surface area contributed by atoms with Crippen LogP contribution >= 0.6 is 7.60 Å². The Morgan fingerprint density at radius 2 is 2.16 bits per heavy atom. The van der Waals surface area contributed by atoms with Crippen LogP contribution in [0.1, 0.15) is 6.92 Å². The highest BCUT2D eigenvalue weighted by Crippen LogP contribution is 2.33. The summed E-state index contributed by atoms with van der Waals surface area (Å²) >= 11 is 0. The van der Waals surface area contributed by atoms with Gasteiger partial charge in [0.15, 0.2) is 5.78 Å². The number of nitrogens with one attached hydrogen (secondary N) is 1. The van der Waals surface area contributed by atoms with Crippen LogP contribution in [-0.2, 0) is 18.9 Å². The van der Waals surface area contributed by atoms with Gasteiger partial charge < -0.3 is 19.8 Å². The Morgan fingerprint density at radius 3 is 2.74 bits per heavy atom. The monoisotopic (exact) mass is 294 g/mol. The largest absolute Gasteiger partial charge is 0.465 e. The van der Waals surface area contributed by atoms with Gasteiger partial charge in [-0.2, -0.15) is 0 Å². The van der Waals surface area contributed by atoms with Crippen molar-refractivity contribution in [3.63, 3.8) is 0 Å². The van der Waals surface area contributed by atoms with Gasteiger partial charge in [0.05, 0.1) is 13.2 Å². The standard InChI is InChI=1S/C10H19N2O6P/c1-2-18-10(14)9-6-12(4-3-11-9)5-8(13)7-19(15,16)17/h9,11H,2-7H2,1H3,(H2,15,16,17). The molecule has 3 N–H and O–H groups in total. The van der Waals surface area contributed by atoms with Crippen molar-refractivity contribution in [1.82, 2.24) is 10.2 Å². The topological polar surface area (TPSA) is 116 Å². The van der Waals surface area contributed by atoms with E-state index in [0.29, 0.717) is 19.6 Å². The summed E-state index contributed by atoms with van der Waals surface area (Å²) in [4.78, 5) is 42.1. The molecule has 0 spiro atoms. The normalized spacial score (nSPS) is 21.1. The molecule has 1 aliphatic rings. The molecule has 1 aliphatic heterocycles. The summed E-state index contributed by atoms with van der Waals surface area (Å²) in [5, 5.41) is 2.97. The molecular formula is C10H19N2O6P. The average Bonchev–Trinajstić information content (AvgIpc) is 2.27. The number of hydrogen-bond donors (Lipinski definition) is 3. The van der Waals surface area contributed by atoms with Crippen LogP contribution in [-0.4, -0.2) is 71.4 Å². The van der Waals surface area contributed by atoms with Gasteiger partial charge in [0.2, 0.25) is 0 Å². The smallest absolute Gasteiger partial charge is 0.332 e. The lowest BCUT2D eigenvalue weighted by Crippen LogP contribution is -2.55. The highest BCUT2D eigenvalue weighted by Gasteiger charge is 2.28. The van der Waals surface area contributed by atoms with Crippen molar-refractivity contribution >= 4 is 19.3 Å². The summed E-state index contributed by atoms with van der Waals surface area (Å²) in [6, 6.07) is -0.503. The van der Waals surface area contributed by atoms with Crippen LogP contribution in [0.15, 0.2) is 0 Å². The maximum atomic E-state index is 11.5. The van der Waals surface area contributed by atoms with Crippen LogP contribution in [0, 0.1) is 0 Å². The van der Waals surface area contributed by atoms with E-state index in [1.165, 1.54) is 0 Å². The highest BCUT2D eigenvalue weighted by molar-refractivity contribution is 7.52. The Morgan fingerprint density at radius 1 is 1.47 bits per heavy atom. The van der Waals surface area contributed by atoms with Gasteiger partial charge in [-0.3, -0.25) is 19.1 Å². The Kier molecular flexibility index (Phi) is 6.09. The molecule has 0 bridgehead atoms. The quantitative estimate of drug-likeness (QED) is 0.403. The van der Waals surface area contributed by atoms with Crippen molar-refractivity contribution in [1.29, 1.82) is 0 Å². The molecule has 0 aromatic rings. The third kappa shape index (κ3) is 6.26. The van der Waals surface area contributed by atoms with Crippen molar-refractivity contribution in [2.45, 2.75) is 13.0 Å². The van der Waals surface area contributed by atoms with Gasteiger partial charge in [-0.1, -0.05) is 0 Å². The molecule has 0 saturated carbocycles. The first kappa shape index (κ1) is 16.3. The van der Waals surface area contributed by atoms with E-state index in [4.69, 9.17) is 14.5 Å². The molecule has 1 fully saturated rings. The molecule has 0 radical (unpaired) electrons. The van der Waals surface area contributed by atoms with Crippen LogP contribution in [0.4, 0.5) is 0 Å². The Labute approximate surface area is 111 Å². The zero-order valence-corrected chi connectivity index (χ0v) is 11.6. The summed E-state index contributed by atoms with van der Waals surface area (Å²) in [6.07, 6.45) is -0.763. The molecule has 110 valence electrons. The van der Waals surface area contributed by atoms with Gasteiger partial charge in [-0.25, -0.2) is 0 Å². The molecular weight excluding hydrogens is 275 g/mol. The highest BCUT2D eigenvalue weighted by atomic mass is 31.2. The zero-order chi connectivity index (χ0) is 14.5. The van der Waals surface area contributed by atoms with E-state index in [2.05, 4.69) is 5.32 Å². The van der Waals surface area contributed by atoms with Crippen molar-refractivity contribution in [3.05, 3.63) is 0 Å². The summed E-state index contributed by atoms with van der Waals surface area (Å²) < 4.78 is 15.6. The first-order valence-electron chi connectivity index (χ1n) is 6.00. The van der Waals surface area contributed by atoms with Crippen LogP contribution in [0.5, 0.6) is 0 Å². The fourth-order valence-corrected chi connectivity index (χ4v) is 2.44. The third-order valence-electron chi connectivity index (χ3n) is 2.61. The number of piperazine rings is 1. The average molecular weight is 294 g/mol. The molecule has 9 heteroatoms. The molecule has 1 saturated heterocycles. The number of hydrogen-bond acceptors (Lipinski definition) is 6. The number of nitrogens with zero attached hydrogens (tertiary/aromatic N) is 1. The predicted octanol–water partition coefficient (Wildman–Crippen LogP) is -1.43. The second-order valence-electron chi connectivity index (χ2n) is 4.36. The molecule has 1 unspecified atom stereocenters. The number of Topliss-reactive ketones (excluding diaryl/α,β-unsaturated/α-hetero) is 1. The lowest BCUT2D eigenvalue weighted by molar-refractivity contribution is -0.147. The summed E-state index contributed by atoms with van der Waals surface area (Å²) in [5.74, 6) is -0.910. The minimum absolute atomic E-state index is 0.0668. The van der Waals surface area contributed by atoms with Gasteiger partial charge in [-0.15, -0.1) is 0 Å². The SMILES string of the molecule is CCOC(=O)C1CN(CC(=O)CP(=O)(O)O)CCN1. The fraction of sp³-hybridized carbons (Fsp3) is 0.800. The van der Waals surface area contributed by atoms with E-state index in [0.717, 1.165) is 0 Å². The Balaban J connectivity index is 2.45. The maximum Gasteiger partial charge on any atom is 0.332 e. The summed E-state index contributed by atoms with van der Waals surface area (Å²) in [5.41, 5.74) is 0. The zero-order valence-electron chi connectivity index (χ0n) is 10.7. The van der Waals surface area contributed by atoms with Crippen LogP contribution in [0.2, 0.25) is 0 Å². The maximum absolute atomic E-state index is 11.5. The number of ether oxygens (including phenoxy) is 1. The van der Waals surface area contributed by atoms with E-state index in [-0.39, 0.29) is 19.1 Å². The first-order chi connectivity index (χ1) is 8.81. The lowest BCUT2D eigenvalue weighted by Gasteiger charge is -2.31. The van der Waals surface area contributed by atoms with Gasteiger partial charge in [-0.05, 0) is 6.92 Å². The summed E-state index contributed by atoms with van der Waals surface area (Å²) in [7, 11) is -4.32. The molecule has 1 rings (SSSR count). The van der Waals surface area contributed by atoms with E-state index in [9.17, 15) is 14.2 Å². The molecule has 0 aromatic carbocycles. The van der Waals surface area contributed by atoms with E-state index < -0.39 is 25.6 Å². The Hall–Kier alpha value is -0.790. The molecule has 0 amide bonds. The van der Waals surface area contributed by atoms with Gasteiger partial charge in [0, 0.05) is 19.6 Å². The van der Waals surface area contributed by atoms with Crippen molar-refractivity contribution in [2.75, 3.05) is 38.9 Å². The molecule has 0 aliphatic carbocycles. The van der Waals surface area contributed by atoms with Gasteiger partial charge in [0.25, 0.3) is 0 Å². The molecule has 1 atom stereocenters. The number of carbonyl (C=O) groups excluding carboxylic acids is 2. The molecule has 0 aromatic heterocycles. The number of esters is 1. The minimum atomic E-state index is -4.32. The number of rotatable bonds is 6. The number of ketones is 1. The van der Waals surface area contributed by atoms with Crippen LogP contribution in [0.3, 0.4) is 0 Å². The second kappa shape index (κ2) is 7.12. The van der Waals surface area contributed by atoms with E-state index >= 15 is 0 Å². The summed E-state index contributed by atoms with van der Waals surface area (Å²) in [6.45, 7) is 3.29. The third-order valence-corrected chi connectivity index (χ3v) is 3.38.